The van der Waals surface area contributed by atoms with Crippen LogP contribution in [0, 0.1) is 5.82 Å². The third-order valence-corrected chi connectivity index (χ3v) is 2.74. The van der Waals surface area contributed by atoms with Crippen molar-refractivity contribution in [3.8, 4) is 0 Å². The number of anilines is 1. The Morgan fingerprint density at radius 3 is 2.58 bits per heavy atom. The zero-order chi connectivity index (χ0) is 13.7. The number of hydrogen-bond donors (Lipinski definition) is 2. The van der Waals surface area contributed by atoms with E-state index >= 15 is 0 Å². The van der Waals surface area contributed by atoms with Crippen molar-refractivity contribution in [1.82, 2.24) is 9.97 Å². The maximum Gasteiger partial charge on any atom is 0.155 e. The molecule has 1 heterocycles. The molecular formula is C13H13FN4S. The van der Waals surface area contributed by atoms with Gasteiger partial charge in [-0.25, -0.2) is 14.4 Å². The second-order valence-corrected chi connectivity index (χ2v) is 4.36. The minimum absolute atomic E-state index is 0.206. The Hall–Kier alpha value is -2.08. The summed E-state index contributed by atoms with van der Waals surface area (Å²) in [6, 6.07) is 6.39. The van der Waals surface area contributed by atoms with Crippen molar-refractivity contribution in [1.29, 1.82) is 0 Å². The summed E-state index contributed by atoms with van der Waals surface area (Å²) in [4.78, 5) is 8.42. The van der Waals surface area contributed by atoms with Crippen LogP contribution in [0.1, 0.15) is 11.3 Å². The summed E-state index contributed by atoms with van der Waals surface area (Å²) in [6.45, 7) is 0.639. The highest BCUT2D eigenvalue weighted by molar-refractivity contribution is 7.80. The van der Waals surface area contributed by atoms with Gasteiger partial charge in [0.1, 0.15) is 16.5 Å². The van der Waals surface area contributed by atoms with Crippen LogP contribution in [0.3, 0.4) is 0 Å². The van der Waals surface area contributed by atoms with Gasteiger partial charge in [-0.1, -0.05) is 24.4 Å². The molecule has 0 bridgehead atoms. The van der Waals surface area contributed by atoms with Crippen molar-refractivity contribution in [3.63, 3.8) is 0 Å². The first kappa shape index (κ1) is 13.4. The van der Waals surface area contributed by atoms with Crippen LogP contribution >= 0.6 is 12.2 Å². The van der Waals surface area contributed by atoms with Crippen molar-refractivity contribution in [2.75, 3.05) is 11.9 Å². The molecule has 0 amide bonds. The zero-order valence-electron chi connectivity index (χ0n) is 10.1. The van der Waals surface area contributed by atoms with E-state index in [-0.39, 0.29) is 10.8 Å². The van der Waals surface area contributed by atoms with Gasteiger partial charge in [0.15, 0.2) is 5.82 Å². The van der Waals surface area contributed by atoms with E-state index in [0.29, 0.717) is 18.1 Å². The molecule has 0 aliphatic rings. The first-order valence-electron chi connectivity index (χ1n) is 5.76. The molecule has 0 radical (unpaired) electrons. The van der Waals surface area contributed by atoms with E-state index in [2.05, 4.69) is 15.3 Å². The highest BCUT2D eigenvalue weighted by Crippen LogP contribution is 2.09. The van der Waals surface area contributed by atoms with Gasteiger partial charge >= 0.3 is 0 Å². The number of nitrogens with zero attached hydrogens (tertiary/aromatic N) is 2. The van der Waals surface area contributed by atoms with Crippen molar-refractivity contribution in [2.24, 2.45) is 5.73 Å². The Labute approximate surface area is 115 Å². The van der Waals surface area contributed by atoms with E-state index in [1.165, 1.54) is 12.1 Å². The minimum atomic E-state index is -0.235. The van der Waals surface area contributed by atoms with Gasteiger partial charge in [-0.2, -0.15) is 0 Å². The molecule has 3 N–H and O–H groups in total. The number of thiocarbonyl (C=S) groups is 1. The maximum atomic E-state index is 12.8. The maximum absolute atomic E-state index is 12.8. The number of nitrogens with two attached hydrogens (primary N) is 1. The molecule has 0 unspecified atom stereocenters. The van der Waals surface area contributed by atoms with Gasteiger partial charge < -0.3 is 11.1 Å². The minimum Gasteiger partial charge on any atom is -0.388 e. The zero-order valence-corrected chi connectivity index (χ0v) is 11.0. The summed E-state index contributed by atoms with van der Waals surface area (Å²) in [5.74, 6) is 0.332. The smallest absolute Gasteiger partial charge is 0.155 e. The van der Waals surface area contributed by atoms with Crippen LogP contribution in [0.25, 0.3) is 0 Å². The predicted molar refractivity (Wildman–Crippen MR) is 76.5 cm³/mol. The molecule has 0 spiro atoms. The normalized spacial score (nSPS) is 10.2. The fourth-order valence-electron chi connectivity index (χ4n) is 1.62. The summed E-state index contributed by atoms with van der Waals surface area (Å²) < 4.78 is 12.8. The summed E-state index contributed by atoms with van der Waals surface area (Å²) in [5, 5.41) is 3.12. The van der Waals surface area contributed by atoms with Crippen LogP contribution in [0.4, 0.5) is 10.2 Å². The molecule has 2 aromatic rings. The van der Waals surface area contributed by atoms with Gasteiger partial charge in [0.25, 0.3) is 0 Å². The molecule has 0 saturated carbocycles. The lowest BCUT2D eigenvalue weighted by atomic mass is 10.1. The number of benzene rings is 1. The topological polar surface area (TPSA) is 63.8 Å². The third-order valence-electron chi connectivity index (χ3n) is 2.55. The third kappa shape index (κ3) is 3.69. The van der Waals surface area contributed by atoms with E-state index in [1.54, 1.807) is 24.5 Å². The molecule has 0 saturated heterocycles. The van der Waals surface area contributed by atoms with E-state index < -0.39 is 0 Å². The second-order valence-electron chi connectivity index (χ2n) is 3.92. The van der Waals surface area contributed by atoms with Crippen molar-refractivity contribution in [2.45, 2.75) is 6.42 Å². The fourth-order valence-corrected chi connectivity index (χ4v) is 1.77. The number of halogens is 1. The lowest BCUT2D eigenvalue weighted by Crippen LogP contribution is -2.17. The highest BCUT2D eigenvalue weighted by atomic mass is 32.1. The molecule has 0 fully saturated rings. The van der Waals surface area contributed by atoms with E-state index in [0.717, 1.165) is 12.0 Å². The summed E-state index contributed by atoms with van der Waals surface area (Å²) in [5.41, 5.74) is 7.08. The predicted octanol–water partition coefficient (Wildman–Crippen LogP) is 1.90. The SMILES string of the molecule is NC(=S)c1nccnc1NCCc1ccc(F)cc1. The molecule has 6 heteroatoms. The number of nitrogens with one attached hydrogen (secondary N) is 1. The molecule has 0 aliphatic heterocycles. The quantitative estimate of drug-likeness (QED) is 0.817. The standard InChI is InChI=1S/C13H13FN4S/c14-10-3-1-9(2-4-10)5-6-17-13-11(12(15)19)16-7-8-18-13/h1-4,7-8H,5-6H2,(H2,15,19)(H,17,18). The Balaban J connectivity index is 1.96. The van der Waals surface area contributed by atoms with Gasteiger partial charge in [0, 0.05) is 18.9 Å². The molecule has 0 atom stereocenters. The molecular weight excluding hydrogens is 263 g/mol. The van der Waals surface area contributed by atoms with Crippen molar-refractivity contribution < 1.29 is 4.39 Å². The van der Waals surface area contributed by atoms with Crippen molar-refractivity contribution >= 4 is 23.0 Å². The van der Waals surface area contributed by atoms with E-state index in [1.807, 2.05) is 0 Å². The van der Waals surface area contributed by atoms with E-state index in [9.17, 15) is 4.39 Å². The van der Waals surface area contributed by atoms with Crippen LogP contribution in [0.15, 0.2) is 36.7 Å². The van der Waals surface area contributed by atoms with Crippen LogP contribution in [0.5, 0.6) is 0 Å². The lowest BCUT2D eigenvalue weighted by Gasteiger charge is -2.08. The van der Waals surface area contributed by atoms with Gasteiger partial charge in [-0.3, -0.25) is 0 Å². The first-order valence-corrected chi connectivity index (χ1v) is 6.17. The molecule has 2 rings (SSSR count). The Morgan fingerprint density at radius 2 is 1.89 bits per heavy atom. The second kappa shape index (κ2) is 6.19. The average Bonchev–Trinajstić information content (AvgIpc) is 2.41. The Bertz CT molecular complexity index is 571. The first-order chi connectivity index (χ1) is 9.16. The van der Waals surface area contributed by atoms with Crippen LogP contribution in [-0.4, -0.2) is 21.5 Å². The fraction of sp³-hybridized carbons (Fsp3) is 0.154. The molecule has 19 heavy (non-hydrogen) atoms. The highest BCUT2D eigenvalue weighted by Gasteiger charge is 2.06. The van der Waals surface area contributed by atoms with Gasteiger partial charge in [0.2, 0.25) is 0 Å². The van der Waals surface area contributed by atoms with Crippen LogP contribution in [0.2, 0.25) is 0 Å². The van der Waals surface area contributed by atoms with Crippen LogP contribution in [-0.2, 0) is 6.42 Å². The molecule has 1 aromatic carbocycles. The molecule has 4 nitrogen and oxygen atoms in total. The average molecular weight is 276 g/mol. The van der Waals surface area contributed by atoms with E-state index in [4.69, 9.17) is 18.0 Å². The molecule has 98 valence electrons. The summed E-state index contributed by atoms with van der Waals surface area (Å²) in [6.07, 6.45) is 3.86. The van der Waals surface area contributed by atoms with Gasteiger partial charge in [-0.05, 0) is 24.1 Å². The van der Waals surface area contributed by atoms with Crippen LogP contribution < -0.4 is 11.1 Å². The Kier molecular flexibility index (Phi) is 4.35. The monoisotopic (exact) mass is 276 g/mol. The van der Waals surface area contributed by atoms with Gasteiger partial charge in [0.05, 0.1) is 0 Å². The number of hydrogen-bond acceptors (Lipinski definition) is 4. The Morgan fingerprint density at radius 1 is 1.21 bits per heavy atom. The number of rotatable bonds is 5. The largest absolute Gasteiger partial charge is 0.388 e. The lowest BCUT2D eigenvalue weighted by molar-refractivity contribution is 0.627. The molecule has 1 aromatic heterocycles. The van der Waals surface area contributed by atoms with Gasteiger partial charge in [-0.15, -0.1) is 0 Å². The summed E-state index contributed by atoms with van der Waals surface area (Å²) >= 11 is 4.90. The number of aromatic nitrogens is 2. The molecule has 0 aliphatic carbocycles. The summed E-state index contributed by atoms with van der Waals surface area (Å²) in [7, 11) is 0. The van der Waals surface area contributed by atoms with Crippen molar-refractivity contribution in [3.05, 3.63) is 53.7 Å².